The second-order valence-corrected chi connectivity index (χ2v) is 8.24. The van der Waals surface area contributed by atoms with Crippen LogP contribution in [0.4, 0.5) is 0 Å². The predicted octanol–water partition coefficient (Wildman–Crippen LogP) is 1.47. The number of carbonyl (C=O) groups is 1. The van der Waals surface area contributed by atoms with Gasteiger partial charge in [-0.2, -0.15) is 4.31 Å². The van der Waals surface area contributed by atoms with E-state index in [-0.39, 0.29) is 9.77 Å². The molecule has 0 saturated carbocycles. The number of sulfonamides is 1. The first-order valence-electron chi connectivity index (χ1n) is 6.92. The van der Waals surface area contributed by atoms with Gasteiger partial charge < -0.3 is 10.0 Å². The molecule has 1 aliphatic rings. The molecule has 6 nitrogen and oxygen atoms in total. The molecular weight excluding hydrogens is 312 g/mol. The molecule has 0 amide bonds. The van der Waals surface area contributed by atoms with E-state index in [9.17, 15) is 13.2 Å². The van der Waals surface area contributed by atoms with Gasteiger partial charge >= 0.3 is 5.97 Å². The average Bonchev–Trinajstić information content (AvgIpc) is 2.83. The van der Waals surface area contributed by atoms with E-state index in [1.54, 1.807) is 6.92 Å². The molecule has 1 N–H and O–H groups in total. The van der Waals surface area contributed by atoms with Crippen molar-refractivity contribution < 1.29 is 18.3 Å². The summed E-state index contributed by atoms with van der Waals surface area (Å²) < 4.78 is 26.7. The van der Waals surface area contributed by atoms with Crippen LogP contribution in [0.2, 0.25) is 0 Å². The third kappa shape index (κ3) is 3.45. The lowest BCUT2D eigenvalue weighted by atomic mass is 10.3. The molecule has 1 aromatic heterocycles. The maximum atomic E-state index is 12.6. The zero-order chi connectivity index (χ0) is 15.6. The lowest BCUT2D eigenvalue weighted by Crippen LogP contribution is -2.48. The number of thiophene rings is 1. The lowest BCUT2D eigenvalue weighted by molar-refractivity contribution is 0.0702. The largest absolute Gasteiger partial charge is 0.477 e. The number of carboxylic acids is 1. The average molecular weight is 332 g/mol. The van der Waals surface area contributed by atoms with E-state index in [1.807, 2.05) is 0 Å². The number of hydrogen-bond acceptors (Lipinski definition) is 5. The van der Waals surface area contributed by atoms with Crippen LogP contribution in [0.1, 0.15) is 27.9 Å². The van der Waals surface area contributed by atoms with Crippen molar-refractivity contribution in [2.24, 2.45) is 0 Å². The Morgan fingerprint density at radius 1 is 1.33 bits per heavy atom. The van der Waals surface area contributed by atoms with E-state index < -0.39 is 16.0 Å². The quantitative estimate of drug-likeness (QED) is 0.883. The molecule has 1 saturated heterocycles. The highest BCUT2D eigenvalue weighted by Crippen LogP contribution is 2.28. The van der Waals surface area contributed by atoms with E-state index in [2.05, 4.69) is 11.8 Å². The first kappa shape index (κ1) is 16.4. The normalized spacial score (nSPS) is 18.0. The summed E-state index contributed by atoms with van der Waals surface area (Å²) in [5.74, 6) is -1.09. The van der Waals surface area contributed by atoms with Crippen molar-refractivity contribution in [1.82, 2.24) is 9.21 Å². The van der Waals surface area contributed by atoms with E-state index in [1.165, 1.54) is 10.4 Å². The maximum Gasteiger partial charge on any atom is 0.345 e. The molecule has 0 atom stereocenters. The maximum absolute atomic E-state index is 12.6. The highest BCUT2D eigenvalue weighted by molar-refractivity contribution is 7.89. The first-order chi connectivity index (χ1) is 9.86. The summed E-state index contributed by atoms with van der Waals surface area (Å²) >= 11 is 1.01. The fraction of sp³-hybridized carbons (Fsp3) is 0.615. The van der Waals surface area contributed by atoms with E-state index >= 15 is 0 Å². The van der Waals surface area contributed by atoms with Crippen molar-refractivity contribution in [3.8, 4) is 0 Å². The zero-order valence-corrected chi connectivity index (χ0v) is 13.8. The Bertz CT molecular complexity index is 616. The van der Waals surface area contributed by atoms with Crippen LogP contribution in [0.3, 0.4) is 0 Å². The summed E-state index contributed by atoms with van der Waals surface area (Å²) in [6.07, 6.45) is 1.05. The highest BCUT2D eigenvalue weighted by atomic mass is 32.2. The monoisotopic (exact) mass is 332 g/mol. The standard InChI is InChI=1S/C13H20N2O4S2/c1-3-4-14-5-7-15(8-6-14)21(18,19)12-9-11(13(16)17)20-10(12)2/h9H,3-8H2,1-2H3,(H,16,17). The summed E-state index contributed by atoms with van der Waals surface area (Å²) in [5.41, 5.74) is 0. The van der Waals surface area contributed by atoms with Gasteiger partial charge in [-0.25, -0.2) is 13.2 Å². The molecule has 1 aliphatic heterocycles. The van der Waals surface area contributed by atoms with Gasteiger partial charge in [0, 0.05) is 31.1 Å². The number of piperazine rings is 1. The smallest absolute Gasteiger partial charge is 0.345 e. The second kappa shape index (κ2) is 6.43. The van der Waals surface area contributed by atoms with Crippen molar-refractivity contribution >= 4 is 27.3 Å². The van der Waals surface area contributed by atoms with Crippen molar-refractivity contribution in [1.29, 1.82) is 0 Å². The van der Waals surface area contributed by atoms with Crippen molar-refractivity contribution in [2.45, 2.75) is 25.2 Å². The molecule has 0 aliphatic carbocycles. The SMILES string of the molecule is CCCN1CCN(S(=O)(=O)c2cc(C(=O)O)sc2C)CC1. The Hall–Kier alpha value is -0.960. The molecule has 0 radical (unpaired) electrons. The van der Waals surface area contributed by atoms with Crippen molar-refractivity contribution in [3.63, 3.8) is 0 Å². The molecule has 8 heteroatoms. The summed E-state index contributed by atoms with van der Waals surface area (Å²) in [5, 5.41) is 8.99. The molecule has 0 unspecified atom stereocenters. The summed E-state index contributed by atoms with van der Waals surface area (Å²) in [7, 11) is -3.59. The van der Waals surface area contributed by atoms with E-state index in [4.69, 9.17) is 5.11 Å². The van der Waals surface area contributed by atoms with Crippen LogP contribution in [0, 0.1) is 6.92 Å². The van der Waals surface area contributed by atoms with Gasteiger partial charge in [-0.1, -0.05) is 6.92 Å². The highest BCUT2D eigenvalue weighted by Gasteiger charge is 2.31. The number of hydrogen-bond donors (Lipinski definition) is 1. The third-order valence-electron chi connectivity index (χ3n) is 3.57. The van der Waals surface area contributed by atoms with Gasteiger partial charge in [-0.05, 0) is 26.0 Å². The summed E-state index contributed by atoms with van der Waals surface area (Å²) in [6.45, 7) is 7.10. The summed E-state index contributed by atoms with van der Waals surface area (Å²) in [6, 6.07) is 1.27. The minimum absolute atomic E-state index is 0.0655. The molecular formula is C13H20N2O4S2. The lowest BCUT2D eigenvalue weighted by Gasteiger charge is -2.33. The van der Waals surface area contributed by atoms with Crippen LogP contribution >= 0.6 is 11.3 Å². The van der Waals surface area contributed by atoms with Crippen LogP contribution < -0.4 is 0 Å². The van der Waals surface area contributed by atoms with Crippen molar-refractivity contribution in [2.75, 3.05) is 32.7 Å². The minimum atomic E-state index is -3.59. The Morgan fingerprint density at radius 2 is 1.95 bits per heavy atom. The van der Waals surface area contributed by atoms with Crippen molar-refractivity contribution in [3.05, 3.63) is 15.8 Å². The Labute approximate surface area is 129 Å². The van der Waals surface area contributed by atoms with Crippen LogP contribution in [0.25, 0.3) is 0 Å². The number of aromatic carboxylic acids is 1. The van der Waals surface area contributed by atoms with E-state index in [0.717, 1.165) is 37.4 Å². The Morgan fingerprint density at radius 3 is 2.43 bits per heavy atom. The molecule has 2 heterocycles. The van der Waals surface area contributed by atoms with Gasteiger partial charge in [0.05, 0.1) is 4.90 Å². The van der Waals surface area contributed by atoms with Crippen LogP contribution in [-0.4, -0.2) is 61.4 Å². The number of aryl methyl sites for hydroxylation is 1. The first-order valence-corrected chi connectivity index (χ1v) is 9.18. The zero-order valence-electron chi connectivity index (χ0n) is 12.2. The molecule has 0 bridgehead atoms. The van der Waals surface area contributed by atoms with Crippen LogP contribution in [-0.2, 0) is 10.0 Å². The fourth-order valence-corrected chi connectivity index (χ4v) is 5.30. The number of nitrogens with zero attached hydrogens (tertiary/aromatic N) is 2. The molecule has 1 aromatic rings. The fourth-order valence-electron chi connectivity index (χ4n) is 2.48. The molecule has 0 aromatic carbocycles. The summed E-state index contributed by atoms with van der Waals surface area (Å²) in [4.78, 5) is 14.0. The third-order valence-corrected chi connectivity index (χ3v) is 6.76. The number of rotatable bonds is 5. The van der Waals surface area contributed by atoms with Gasteiger partial charge in [0.25, 0.3) is 0 Å². The number of carboxylic acid groups (broad SMARTS) is 1. The van der Waals surface area contributed by atoms with Gasteiger partial charge in [0.1, 0.15) is 4.88 Å². The molecule has 118 valence electrons. The van der Waals surface area contributed by atoms with Gasteiger partial charge in [0.2, 0.25) is 10.0 Å². The molecule has 0 spiro atoms. The predicted molar refractivity (Wildman–Crippen MR) is 81.5 cm³/mol. The van der Waals surface area contributed by atoms with Crippen LogP contribution in [0.15, 0.2) is 11.0 Å². The Balaban J connectivity index is 2.18. The van der Waals surface area contributed by atoms with E-state index in [0.29, 0.717) is 18.0 Å². The Kier molecular flexibility index (Phi) is 5.03. The van der Waals surface area contributed by atoms with Gasteiger partial charge in [-0.15, -0.1) is 11.3 Å². The minimum Gasteiger partial charge on any atom is -0.477 e. The molecule has 1 fully saturated rings. The topological polar surface area (TPSA) is 77.9 Å². The molecule has 21 heavy (non-hydrogen) atoms. The van der Waals surface area contributed by atoms with Gasteiger partial charge in [0.15, 0.2) is 0 Å². The second-order valence-electron chi connectivity index (χ2n) is 5.08. The molecule has 2 rings (SSSR count). The van der Waals surface area contributed by atoms with Crippen LogP contribution in [0.5, 0.6) is 0 Å². The van der Waals surface area contributed by atoms with Gasteiger partial charge in [-0.3, -0.25) is 0 Å².